The summed E-state index contributed by atoms with van der Waals surface area (Å²) in [5, 5.41) is 3.07. The molecule has 3 rings (SSSR count). The maximum Gasteiger partial charge on any atom is 0.232 e. The molecule has 26 heavy (non-hydrogen) atoms. The number of carbonyl (C=O) groups excluding carboxylic acids is 1. The summed E-state index contributed by atoms with van der Waals surface area (Å²) in [4.78, 5) is 12.8. The van der Waals surface area contributed by atoms with Crippen molar-refractivity contribution in [2.45, 2.75) is 24.3 Å². The first-order valence-corrected chi connectivity index (χ1v) is 10.2. The van der Waals surface area contributed by atoms with Crippen LogP contribution in [0, 0.1) is 5.41 Å². The van der Waals surface area contributed by atoms with E-state index in [4.69, 9.17) is 10.5 Å². The standard InChI is InChI=1S/C21H26N2O2S/c22-16-21(9-11-25-12-10-21)20(24)23-19-8-4-7-18(13-19)15-26-14-17-5-2-1-3-6-17/h1-8,13H,9-12,14-16,22H2,(H,23,24). The van der Waals surface area contributed by atoms with E-state index in [1.54, 1.807) is 0 Å². The zero-order valence-electron chi connectivity index (χ0n) is 14.9. The van der Waals surface area contributed by atoms with Crippen LogP contribution in [0.1, 0.15) is 24.0 Å². The van der Waals surface area contributed by atoms with Crippen molar-refractivity contribution in [3.8, 4) is 0 Å². The number of rotatable bonds is 7. The quantitative estimate of drug-likeness (QED) is 0.778. The van der Waals surface area contributed by atoms with Crippen molar-refractivity contribution >= 4 is 23.4 Å². The number of nitrogens with two attached hydrogens (primary N) is 1. The Bertz CT molecular complexity index is 715. The van der Waals surface area contributed by atoms with E-state index in [1.807, 2.05) is 30.0 Å². The van der Waals surface area contributed by atoms with E-state index in [2.05, 4.69) is 41.7 Å². The number of thioether (sulfide) groups is 1. The fourth-order valence-corrected chi connectivity index (χ4v) is 4.10. The Morgan fingerprint density at radius 1 is 1.04 bits per heavy atom. The van der Waals surface area contributed by atoms with Crippen LogP contribution in [0.25, 0.3) is 0 Å². The molecular formula is C21H26N2O2S. The summed E-state index contributed by atoms with van der Waals surface area (Å²) in [6.07, 6.45) is 1.36. The average molecular weight is 371 g/mol. The van der Waals surface area contributed by atoms with Gasteiger partial charge in [0.2, 0.25) is 5.91 Å². The number of benzene rings is 2. The van der Waals surface area contributed by atoms with E-state index >= 15 is 0 Å². The first kappa shape index (κ1) is 19.0. The van der Waals surface area contributed by atoms with Crippen molar-refractivity contribution in [1.29, 1.82) is 0 Å². The molecule has 1 aliphatic rings. The third-order valence-corrected chi connectivity index (χ3v) is 5.96. The van der Waals surface area contributed by atoms with Crippen LogP contribution in [0.2, 0.25) is 0 Å². The van der Waals surface area contributed by atoms with Crippen molar-refractivity contribution in [3.63, 3.8) is 0 Å². The lowest BCUT2D eigenvalue weighted by Gasteiger charge is -2.34. The number of ether oxygens (including phenoxy) is 1. The van der Waals surface area contributed by atoms with Crippen LogP contribution in [-0.4, -0.2) is 25.7 Å². The first-order chi connectivity index (χ1) is 12.7. The summed E-state index contributed by atoms with van der Waals surface area (Å²) in [6, 6.07) is 18.5. The third-order valence-electron chi connectivity index (χ3n) is 4.89. The van der Waals surface area contributed by atoms with E-state index < -0.39 is 5.41 Å². The molecule has 138 valence electrons. The molecule has 2 aromatic carbocycles. The van der Waals surface area contributed by atoms with Gasteiger partial charge in [0.05, 0.1) is 5.41 Å². The monoisotopic (exact) mass is 370 g/mol. The van der Waals surface area contributed by atoms with Crippen molar-refractivity contribution in [2.75, 3.05) is 25.1 Å². The van der Waals surface area contributed by atoms with Gasteiger partial charge in [-0.2, -0.15) is 11.8 Å². The summed E-state index contributed by atoms with van der Waals surface area (Å²) in [6.45, 7) is 1.55. The van der Waals surface area contributed by atoms with Crippen LogP contribution in [0.15, 0.2) is 54.6 Å². The van der Waals surface area contributed by atoms with Gasteiger partial charge in [0.1, 0.15) is 0 Å². The Hall–Kier alpha value is -1.82. The molecule has 2 aromatic rings. The summed E-state index contributed by atoms with van der Waals surface area (Å²) >= 11 is 1.87. The van der Waals surface area contributed by atoms with Gasteiger partial charge in [-0.1, -0.05) is 42.5 Å². The molecule has 1 amide bonds. The number of anilines is 1. The van der Waals surface area contributed by atoms with Gasteiger partial charge in [-0.15, -0.1) is 0 Å². The molecule has 0 bridgehead atoms. The predicted octanol–water partition coefficient (Wildman–Crippen LogP) is 3.81. The summed E-state index contributed by atoms with van der Waals surface area (Å²) < 4.78 is 5.39. The highest BCUT2D eigenvalue weighted by Crippen LogP contribution is 2.31. The van der Waals surface area contributed by atoms with Crippen molar-refractivity contribution in [1.82, 2.24) is 0 Å². The lowest BCUT2D eigenvalue weighted by molar-refractivity contribution is -0.130. The van der Waals surface area contributed by atoms with Crippen LogP contribution in [-0.2, 0) is 21.0 Å². The fraction of sp³-hybridized carbons (Fsp3) is 0.381. The fourth-order valence-electron chi connectivity index (χ4n) is 3.15. The maximum absolute atomic E-state index is 12.8. The minimum Gasteiger partial charge on any atom is -0.381 e. The number of hydrogen-bond donors (Lipinski definition) is 2. The normalized spacial score (nSPS) is 16.2. The highest BCUT2D eigenvalue weighted by Gasteiger charge is 2.38. The molecule has 1 heterocycles. The highest BCUT2D eigenvalue weighted by atomic mass is 32.2. The van der Waals surface area contributed by atoms with E-state index in [0.717, 1.165) is 17.2 Å². The molecular weight excluding hydrogens is 344 g/mol. The van der Waals surface area contributed by atoms with Gasteiger partial charge in [-0.25, -0.2) is 0 Å². The van der Waals surface area contributed by atoms with E-state index in [1.165, 1.54) is 11.1 Å². The minimum atomic E-state index is -0.504. The molecule has 0 aliphatic carbocycles. The molecule has 1 fully saturated rings. The zero-order valence-corrected chi connectivity index (χ0v) is 15.8. The van der Waals surface area contributed by atoms with Gasteiger partial charge in [0.25, 0.3) is 0 Å². The first-order valence-electron chi connectivity index (χ1n) is 9.02. The van der Waals surface area contributed by atoms with Crippen LogP contribution < -0.4 is 11.1 Å². The minimum absolute atomic E-state index is 0.0115. The average Bonchev–Trinajstić information content (AvgIpc) is 2.69. The van der Waals surface area contributed by atoms with Gasteiger partial charge in [-0.05, 0) is 36.1 Å². The molecule has 0 aromatic heterocycles. The Kier molecular flexibility index (Phi) is 6.72. The second kappa shape index (κ2) is 9.21. The van der Waals surface area contributed by atoms with E-state index in [9.17, 15) is 4.79 Å². The molecule has 0 saturated carbocycles. The third kappa shape index (κ3) is 4.87. The zero-order chi connectivity index (χ0) is 18.2. The van der Waals surface area contributed by atoms with Gasteiger partial charge in [0.15, 0.2) is 0 Å². The topological polar surface area (TPSA) is 64.4 Å². The van der Waals surface area contributed by atoms with Crippen molar-refractivity contribution in [2.24, 2.45) is 11.1 Å². The number of carbonyl (C=O) groups is 1. The summed E-state index contributed by atoms with van der Waals surface area (Å²) in [7, 11) is 0. The highest BCUT2D eigenvalue weighted by molar-refractivity contribution is 7.97. The van der Waals surface area contributed by atoms with Gasteiger partial charge in [-0.3, -0.25) is 4.79 Å². The lowest BCUT2D eigenvalue weighted by atomic mass is 9.79. The van der Waals surface area contributed by atoms with Crippen LogP contribution in [0.5, 0.6) is 0 Å². The van der Waals surface area contributed by atoms with Gasteiger partial charge >= 0.3 is 0 Å². The molecule has 0 atom stereocenters. The lowest BCUT2D eigenvalue weighted by Crippen LogP contribution is -2.46. The number of hydrogen-bond acceptors (Lipinski definition) is 4. The van der Waals surface area contributed by atoms with Crippen molar-refractivity contribution < 1.29 is 9.53 Å². The van der Waals surface area contributed by atoms with E-state index in [0.29, 0.717) is 32.6 Å². The molecule has 5 heteroatoms. The molecule has 0 radical (unpaired) electrons. The van der Waals surface area contributed by atoms with Crippen LogP contribution in [0.3, 0.4) is 0 Å². The second-order valence-electron chi connectivity index (χ2n) is 6.73. The van der Waals surface area contributed by atoms with E-state index in [-0.39, 0.29) is 5.91 Å². The largest absolute Gasteiger partial charge is 0.381 e. The Balaban J connectivity index is 1.57. The number of amides is 1. The van der Waals surface area contributed by atoms with Gasteiger partial charge in [0, 0.05) is 37.0 Å². The maximum atomic E-state index is 12.8. The molecule has 4 nitrogen and oxygen atoms in total. The SMILES string of the molecule is NCC1(C(=O)Nc2cccc(CSCc3ccccc3)c2)CCOCC1. The Morgan fingerprint density at radius 2 is 1.73 bits per heavy atom. The summed E-state index contributed by atoms with van der Waals surface area (Å²) in [5.41, 5.74) is 8.79. The second-order valence-corrected chi connectivity index (χ2v) is 7.72. The van der Waals surface area contributed by atoms with Gasteiger partial charge < -0.3 is 15.8 Å². The number of nitrogens with one attached hydrogen (secondary N) is 1. The molecule has 3 N–H and O–H groups in total. The van der Waals surface area contributed by atoms with Crippen LogP contribution in [0.4, 0.5) is 5.69 Å². The molecule has 0 spiro atoms. The van der Waals surface area contributed by atoms with Crippen molar-refractivity contribution in [3.05, 3.63) is 65.7 Å². The predicted molar refractivity (Wildman–Crippen MR) is 108 cm³/mol. The molecule has 1 saturated heterocycles. The van der Waals surface area contributed by atoms with Crippen LogP contribution >= 0.6 is 11.8 Å². The molecule has 1 aliphatic heterocycles. The Labute approximate surface area is 159 Å². The Morgan fingerprint density at radius 3 is 2.46 bits per heavy atom. The smallest absolute Gasteiger partial charge is 0.232 e. The molecule has 0 unspecified atom stereocenters. The summed E-state index contributed by atoms with van der Waals surface area (Å²) in [5.74, 6) is 1.90.